The van der Waals surface area contributed by atoms with Gasteiger partial charge in [0.2, 0.25) is 4.80 Å². The Morgan fingerprint density at radius 2 is 2.12 bits per heavy atom. The van der Waals surface area contributed by atoms with Crippen molar-refractivity contribution in [1.82, 2.24) is 4.57 Å². The molecule has 0 saturated carbocycles. The van der Waals surface area contributed by atoms with Crippen LogP contribution in [0.2, 0.25) is 0 Å². The number of aryl methyl sites for hydroxylation is 1. The molecule has 0 aliphatic carbocycles. The van der Waals surface area contributed by atoms with Crippen molar-refractivity contribution >= 4 is 31.7 Å². The van der Waals surface area contributed by atoms with Crippen LogP contribution < -0.4 is 10.6 Å². The standard InChI is InChI=1S/C8H9N3O4S2/c1-11-7-5(12)2-4(17(13,14)15)3-6(7)16-8(11)10-9/h2-3,12H,9H2,1H3,(H,13,14,15). The van der Waals surface area contributed by atoms with Gasteiger partial charge in [-0.05, 0) is 6.07 Å². The summed E-state index contributed by atoms with van der Waals surface area (Å²) in [5.41, 5.74) is 0.409. The number of fused-ring (bicyclic) bond motifs is 1. The van der Waals surface area contributed by atoms with Gasteiger partial charge in [0.1, 0.15) is 11.3 Å². The van der Waals surface area contributed by atoms with E-state index in [4.69, 9.17) is 10.4 Å². The van der Waals surface area contributed by atoms with E-state index in [1.54, 1.807) is 7.05 Å². The number of hydrogen-bond acceptors (Lipinski definition) is 6. The lowest BCUT2D eigenvalue weighted by Crippen LogP contribution is -2.12. The van der Waals surface area contributed by atoms with Crippen molar-refractivity contribution in [1.29, 1.82) is 0 Å². The third-order valence-electron chi connectivity index (χ3n) is 2.26. The molecule has 1 heterocycles. The zero-order valence-electron chi connectivity index (χ0n) is 8.65. The van der Waals surface area contributed by atoms with Crippen LogP contribution in [-0.4, -0.2) is 22.6 Å². The van der Waals surface area contributed by atoms with Gasteiger partial charge in [0.25, 0.3) is 10.1 Å². The summed E-state index contributed by atoms with van der Waals surface area (Å²) in [6, 6.07) is 2.23. The van der Waals surface area contributed by atoms with Crippen LogP contribution in [0.4, 0.5) is 0 Å². The molecular weight excluding hydrogens is 266 g/mol. The van der Waals surface area contributed by atoms with Gasteiger partial charge in [-0.15, -0.1) is 0 Å². The maximum Gasteiger partial charge on any atom is 0.294 e. The van der Waals surface area contributed by atoms with Crippen molar-refractivity contribution in [2.75, 3.05) is 0 Å². The van der Waals surface area contributed by atoms with E-state index in [0.29, 0.717) is 15.0 Å². The van der Waals surface area contributed by atoms with Crippen LogP contribution in [0.3, 0.4) is 0 Å². The largest absolute Gasteiger partial charge is 0.506 e. The molecule has 0 aliphatic heterocycles. The first-order chi connectivity index (χ1) is 7.84. The van der Waals surface area contributed by atoms with E-state index in [2.05, 4.69) is 5.10 Å². The Morgan fingerprint density at radius 3 is 2.65 bits per heavy atom. The first-order valence-electron chi connectivity index (χ1n) is 4.38. The number of thiazole rings is 1. The molecule has 9 heteroatoms. The number of benzene rings is 1. The number of aromatic nitrogens is 1. The van der Waals surface area contributed by atoms with Crippen LogP contribution in [0.5, 0.6) is 5.75 Å². The highest BCUT2D eigenvalue weighted by Gasteiger charge is 2.16. The van der Waals surface area contributed by atoms with Gasteiger partial charge in [0.05, 0.1) is 9.60 Å². The first kappa shape index (κ1) is 11.9. The number of phenolic OH excluding ortho intramolecular Hbond substituents is 1. The molecule has 7 nitrogen and oxygen atoms in total. The lowest BCUT2D eigenvalue weighted by molar-refractivity contribution is 0.469. The Bertz CT molecular complexity index is 757. The van der Waals surface area contributed by atoms with Crippen molar-refractivity contribution in [3.05, 3.63) is 16.9 Å². The Hall–Kier alpha value is -1.58. The molecule has 0 amide bonds. The van der Waals surface area contributed by atoms with E-state index in [9.17, 15) is 13.5 Å². The highest BCUT2D eigenvalue weighted by Crippen LogP contribution is 2.29. The number of nitrogens with two attached hydrogens (primary N) is 1. The second-order valence-corrected chi connectivity index (χ2v) is 5.77. The van der Waals surface area contributed by atoms with Gasteiger partial charge in [-0.2, -0.15) is 13.5 Å². The molecule has 2 rings (SSSR count). The Morgan fingerprint density at radius 1 is 1.47 bits per heavy atom. The van der Waals surface area contributed by atoms with Gasteiger partial charge >= 0.3 is 0 Å². The minimum absolute atomic E-state index is 0.260. The van der Waals surface area contributed by atoms with Crippen LogP contribution in [0, 0.1) is 0 Å². The lowest BCUT2D eigenvalue weighted by atomic mass is 10.3. The van der Waals surface area contributed by atoms with Gasteiger partial charge < -0.3 is 15.5 Å². The summed E-state index contributed by atoms with van der Waals surface area (Å²) in [7, 11) is -2.72. The fraction of sp³-hybridized carbons (Fsp3) is 0.125. The number of phenols is 1. The SMILES string of the molecule is Cn1c(=NN)sc2cc(S(=O)(=O)O)cc(O)c21. The number of aromatic hydroxyl groups is 1. The Kier molecular flexibility index (Phi) is 2.60. The lowest BCUT2D eigenvalue weighted by Gasteiger charge is -2.01. The monoisotopic (exact) mass is 275 g/mol. The average molecular weight is 275 g/mol. The molecular formula is C8H9N3O4S2. The fourth-order valence-corrected chi connectivity index (χ4v) is 3.11. The number of rotatable bonds is 1. The smallest absolute Gasteiger partial charge is 0.294 e. The molecule has 2 aromatic rings. The molecule has 1 aromatic heterocycles. The van der Waals surface area contributed by atoms with Crippen molar-refractivity contribution in [2.24, 2.45) is 18.0 Å². The second kappa shape index (κ2) is 3.72. The zero-order chi connectivity index (χ0) is 12.8. The maximum absolute atomic E-state index is 11.0. The van der Waals surface area contributed by atoms with Crippen molar-refractivity contribution < 1.29 is 18.1 Å². The van der Waals surface area contributed by atoms with Crippen molar-refractivity contribution in [3.8, 4) is 5.75 Å². The summed E-state index contributed by atoms with van der Waals surface area (Å²) in [6.45, 7) is 0. The summed E-state index contributed by atoms with van der Waals surface area (Å²) in [6.07, 6.45) is 0. The molecule has 17 heavy (non-hydrogen) atoms. The van der Waals surface area contributed by atoms with Gasteiger partial charge in [-0.3, -0.25) is 4.55 Å². The molecule has 0 unspecified atom stereocenters. The molecule has 0 fully saturated rings. The molecule has 0 saturated heterocycles. The summed E-state index contributed by atoms with van der Waals surface area (Å²) in [5, 5.41) is 13.2. The fourth-order valence-electron chi connectivity index (χ4n) is 1.51. The van der Waals surface area contributed by atoms with E-state index >= 15 is 0 Å². The Balaban J connectivity index is 2.95. The molecule has 0 aliphatic rings. The van der Waals surface area contributed by atoms with E-state index in [1.165, 1.54) is 10.6 Å². The predicted molar refractivity (Wildman–Crippen MR) is 62.0 cm³/mol. The predicted octanol–water partition coefficient (Wildman–Crippen LogP) is -0.0335. The minimum atomic E-state index is -4.35. The Labute approximate surface area is 100 Å². The normalized spacial score (nSPS) is 13.4. The number of hydrogen-bond donors (Lipinski definition) is 3. The highest BCUT2D eigenvalue weighted by molar-refractivity contribution is 7.85. The van der Waals surface area contributed by atoms with Crippen molar-refractivity contribution in [3.63, 3.8) is 0 Å². The van der Waals surface area contributed by atoms with Gasteiger partial charge in [0.15, 0.2) is 0 Å². The summed E-state index contributed by atoms with van der Waals surface area (Å²) in [5.74, 6) is 4.89. The number of nitrogens with zero attached hydrogens (tertiary/aromatic N) is 2. The molecule has 0 bridgehead atoms. The van der Waals surface area contributed by atoms with Gasteiger partial charge in [-0.25, -0.2) is 0 Å². The first-order valence-corrected chi connectivity index (χ1v) is 6.64. The molecule has 92 valence electrons. The molecule has 4 N–H and O–H groups in total. The van der Waals surface area contributed by atoms with Crippen LogP contribution in [-0.2, 0) is 17.2 Å². The van der Waals surface area contributed by atoms with Crippen molar-refractivity contribution in [2.45, 2.75) is 4.90 Å². The van der Waals surface area contributed by atoms with Gasteiger partial charge in [0, 0.05) is 13.1 Å². The van der Waals surface area contributed by atoms with E-state index in [1.807, 2.05) is 0 Å². The molecule has 0 spiro atoms. The summed E-state index contributed by atoms with van der Waals surface area (Å²) >= 11 is 1.10. The maximum atomic E-state index is 11.0. The van der Waals surface area contributed by atoms with E-state index < -0.39 is 10.1 Å². The summed E-state index contributed by atoms with van der Waals surface area (Å²) in [4.78, 5) is 0.0516. The van der Waals surface area contributed by atoms with Gasteiger partial charge in [-0.1, -0.05) is 11.3 Å². The van der Waals surface area contributed by atoms with E-state index in [-0.39, 0.29) is 10.6 Å². The third-order valence-corrected chi connectivity index (χ3v) is 4.18. The van der Waals surface area contributed by atoms with Crippen LogP contribution in [0.1, 0.15) is 0 Å². The summed E-state index contributed by atoms with van der Waals surface area (Å²) < 4.78 is 32.9. The molecule has 0 radical (unpaired) electrons. The topological polar surface area (TPSA) is 118 Å². The highest BCUT2D eigenvalue weighted by atomic mass is 32.2. The second-order valence-electron chi connectivity index (χ2n) is 3.34. The zero-order valence-corrected chi connectivity index (χ0v) is 10.3. The van der Waals surface area contributed by atoms with Crippen LogP contribution in [0.15, 0.2) is 22.1 Å². The van der Waals surface area contributed by atoms with Crippen LogP contribution >= 0.6 is 11.3 Å². The minimum Gasteiger partial charge on any atom is -0.506 e. The quantitative estimate of drug-likeness (QED) is 0.383. The van der Waals surface area contributed by atoms with Crippen LogP contribution in [0.25, 0.3) is 10.2 Å². The molecule has 1 aromatic carbocycles. The molecule has 0 atom stereocenters. The average Bonchev–Trinajstić information content (AvgIpc) is 2.54. The van der Waals surface area contributed by atoms with E-state index in [0.717, 1.165) is 17.4 Å². The third kappa shape index (κ3) is 1.88.